The van der Waals surface area contributed by atoms with Gasteiger partial charge in [0.05, 0.1) is 18.5 Å². The molecule has 0 saturated carbocycles. The first-order valence-corrected chi connectivity index (χ1v) is 10.2. The summed E-state index contributed by atoms with van der Waals surface area (Å²) >= 11 is 0. The second-order valence-corrected chi connectivity index (χ2v) is 7.54. The number of aromatic nitrogens is 2. The summed E-state index contributed by atoms with van der Waals surface area (Å²) in [6.45, 7) is 11.2. The molecule has 31 heavy (non-hydrogen) atoms. The van der Waals surface area contributed by atoms with Crippen molar-refractivity contribution in [3.05, 3.63) is 82.8 Å². The Labute approximate surface area is 183 Å². The number of imidazole rings is 1. The lowest BCUT2D eigenvalue weighted by atomic mass is 10.0. The molecular weight excluding hydrogens is 386 g/mol. The van der Waals surface area contributed by atoms with Gasteiger partial charge in [0.2, 0.25) is 0 Å². The molecule has 0 amide bonds. The van der Waals surface area contributed by atoms with Crippen LogP contribution in [-0.4, -0.2) is 23.3 Å². The molecule has 0 aliphatic heterocycles. The number of carbonyl (C=O) groups excluding carboxylic acids is 1. The lowest BCUT2D eigenvalue weighted by Crippen LogP contribution is -2.05. The molecule has 5 heteroatoms. The number of nitrogens with zero attached hydrogens (tertiary/aromatic N) is 2. The molecule has 0 aliphatic carbocycles. The number of rotatable bonds is 5. The van der Waals surface area contributed by atoms with Crippen LogP contribution in [0.5, 0.6) is 5.75 Å². The minimum absolute atomic E-state index is 0.758. The Kier molecular flexibility index (Phi) is 6.75. The van der Waals surface area contributed by atoms with E-state index in [0.717, 1.165) is 46.1 Å². The predicted octanol–water partition coefficient (Wildman–Crippen LogP) is 5.67. The molecule has 2 aromatic carbocycles. The molecule has 0 saturated heterocycles. The van der Waals surface area contributed by atoms with Gasteiger partial charge in [0, 0.05) is 29.6 Å². The van der Waals surface area contributed by atoms with Gasteiger partial charge in [-0.25, -0.2) is 4.98 Å². The van der Waals surface area contributed by atoms with Crippen molar-refractivity contribution < 1.29 is 9.53 Å². The third kappa shape index (κ3) is 4.31. The summed E-state index contributed by atoms with van der Waals surface area (Å²) in [6.07, 6.45) is 2.15. The Balaban J connectivity index is 0.00000132. The highest BCUT2D eigenvalue weighted by atomic mass is 16.5. The standard InChI is InChI=1S/C25H27N3O.CH2O/c1-16-9-8-10-17(2)22(16)14-26-23-13-20(21-11-6-7-12-24(21)29-5)15-28-19(4)18(3)27-25(23)28;1-2/h6-13,15,26H,14H2,1-5H3;1H2. The Morgan fingerprint density at radius 2 is 1.68 bits per heavy atom. The third-order valence-corrected chi connectivity index (χ3v) is 5.71. The highest BCUT2D eigenvalue weighted by molar-refractivity contribution is 5.79. The van der Waals surface area contributed by atoms with Gasteiger partial charge in [0.1, 0.15) is 12.5 Å². The van der Waals surface area contributed by atoms with Crippen LogP contribution in [0.4, 0.5) is 5.69 Å². The van der Waals surface area contributed by atoms with Crippen LogP contribution in [0.2, 0.25) is 0 Å². The first-order valence-electron chi connectivity index (χ1n) is 10.2. The minimum atomic E-state index is 0.758. The van der Waals surface area contributed by atoms with Gasteiger partial charge < -0.3 is 19.2 Å². The van der Waals surface area contributed by atoms with Crippen molar-refractivity contribution in [2.24, 2.45) is 0 Å². The van der Waals surface area contributed by atoms with E-state index in [-0.39, 0.29) is 0 Å². The van der Waals surface area contributed by atoms with Gasteiger partial charge in [-0.3, -0.25) is 0 Å². The van der Waals surface area contributed by atoms with E-state index in [4.69, 9.17) is 14.5 Å². The first-order chi connectivity index (χ1) is 15.0. The van der Waals surface area contributed by atoms with Crippen molar-refractivity contribution in [3.63, 3.8) is 0 Å². The summed E-state index contributed by atoms with van der Waals surface area (Å²) in [4.78, 5) is 12.8. The molecule has 4 aromatic rings. The Bertz CT molecular complexity index is 1190. The smallest absolute Gasteiger partial charge is 0.160 e. The van der Waals surface area contributed by atoms with Crippen molar-refractivity contribution in [2.75, 3.05) is 12.4 Å². The molecule has 2 heterocycles. The lowest BCUT2D eigenvalue weighted by molar-refractivity contribution is -0.0979. The number of pyridine rings is 1. The summed E-state index contributed by atoms with van der Waals surface area (Å²) in [6, 6.07) is 16.7. The Morgan fingerprint density at radius 1 is 1.00 bits per heavy atom. The quantitative estimate of drug-likeness (QED) is 0.456. The van der Waals surface area contributed by atoms with Gasteiger partial charge in [-0.05, 0) is 56.5 Å². The molecule has 5 nitrogen and oxygen atoms in total. The van der Waals surface area contributed by atoms with E-state index in [1.165, 1.54) is 16.7 Å². The van der Waals surface area contributed by atoms with Crippen LogP contribution in [-0.2, 0) is 11.3 Å². The molecule has 0 aliphatic rings. The van der Waals surface area contributed by atoms with Crippen LogP contribution in [0.25, 0.3) is 16.8 Å². The number of carbonyl (C=O) groups is 1. The average molecular weight is 416 g/mol. The molecule has 160 valence electrons. The number of para-hydroxylation sites is 1. The van der Waals surface area contributed by atoms with E-state index in [2.05, 4.69) is 73.9 Å². The SMILES string of the molecule is C=O.COc1ccccc1-c1cc(NCc2c(C)cccc2C)c2nc(C)c(C)n2c1. The molecule has 2 aromatic heterocycles. The maximum absolute atomic E-state index is 8.00. The van der Waals surface area contributed by atoms with E-state index in [0.29, 0.717) is 0 Å². The van der Waals surface area contributed by atoms with Gasteiger partial charge >= 0.3 is 0 Å². The number of fused-ring (bicyclic) bond motifs is 1. The second kappa shape index (κ2) is 9.47. The maximum atomic E-state index is 8.00. The van der Waals surface area contributed by atoms with Gasteiger partial charge in [-0.15, -0.1) is 0 Å². The number of nitrogens with one attached hydrogen (secondary N) is 1. The number of ether oxygens (including phenoxy) is 1. The molecule has 0 bridgehead atoms. The average Bonchev–Trinajstić information content (AvgIpc) is 3.08. The zero-order chi connectivity index (χ0) is 22.5. The van der Waals surface area contributed by atoms with Gasteiger partial charge in [-0.2, -0.15) is 0 Å². The molecular formula is C26H29N3O2. The third-order valence-electron chi connectivity index (χ3n) is 5.71. The molecule has 1 N–H and O–H groups in total. The van der Waals surface area contributed by atoms with Crippen molar-refractivity contribution in [3.8, 4) is 16.9 Å². The summed E-state index contributed by atoms with van der Waals surface area (Å²) in [5, 5.41) is 3.65. The van der Waals surface area contributed by atoms with Crippen LogP contribution < -0.4 is 10.1 Å². The highest BCUT2D eigenvalue weighted by Crippen LogP contribution is 2.33. The monoisotopic (exact) mass is 415 g/mol. The van der Waals surface area contributed by atoms with E-state index >= 15 is 0 Å². The minimum Gasteiger partial charge on any atom is -0.496 e. The Morgan fingerprint density at radius 3 is 2.35 bits per heavy atom. The summed E-state index contributed by atoms with van der Waals surface area (Å²) in [5.74, 6) is 0.863. The van der Waals surface area contributed by atoms with Gasteiger partial charge in [-0.1, -0.05) is 36.4 Å². The molecule has 0 atom stereocenters. The largest absolute Gasteiger partial charge is 0.496 e. The van der Waals surface area contributed by atoms with Crippen LogP contribution in [0.1, 0.15) is 28.1 Å². The van der Waals surface area contributed by atoms with Crippen molar-refractivity contribution in [1.29, 1.82) is 0 Å². The van der Waals surface area contributed by atoms with Crippen LogP contribution in [0.15, 0.2) is 54.7 Å². The van der Waals surface area contributed by atoms with Crippen LogP contribution >= 0.6 is 0 Å². The van der Waals surface area contributed by atoms with Crippen molar-refractivity contribution in [2.45, 2.75) is 34.2 Å². The fraction of sp³-hybridized carbons (Fsp3) is 0.231. The van der Waals surface area contributed by atoms with E-state index in [1.54, 1.807) is 7.11 Å². The Hall–Kier alpha value is -3.60. The normalized spacial score (nSPS) is 10.5. The second-order valence-electron chi connectivity index (χ2n) is 7.54. The molecule has 4 rings (SSSR count). The zero-order valence-electron chi connectivity index (χ0n) is 18.8. The number of hydrogen-bond acceptors (Lipinski definition) is 4. The van der Waals surface area contributed by atoms with Gasteiger partial charge in [0.15, 0.2) is 5.65 Å². The molecule has 0 spiro atoms. The fourth-order valence-electron chi connectivity index (χ4n) is 3.84. The molecule has 0 unspecified atom stereocenters. The first kappa shape index (κ1) is 22.1. The maximum Gasteiger partial charge on any atom is 0.160 e. The fourth-order valence-corrected chi connectivity index (χ4v) is 3.84. The number of methoxy groups -OCH3 is 1. The zero-order valence-corrected chi connectivity index (χ0v) is 18.8. The van der Waals surface area contributed by atoms with Crippen molar-refractivity contribution in [1.82, 2.24) is 9.38 Å². The summed E-state index contributed by atoms with van der Waals surface area (Å²) in [7, 11) is 1.71. The summed E-state index contributed by atoms with van der Waals surface area (Å²) in [5.41, 5.74) is 10.2. The van der Waals surface area contributed by atoms with E-state index in [9.17, 15) is 0 Å². The summed E-state index contributed by atoms with van der Waals surface area (Å²) < 4.78 is 7.77. The van der Waals surface area contributed by atoms with Gasteiger partial charge in [0.25, 0.3) is 0 Å². The molecule has 0 fully saturated rings. The van der Waals surface area contributed by atoms with Crippen LogP contribution in [0.3, 0.4) is 0 Å². The van der Waals surface area contributed by atoms with Crippen molar-refractivity contribution >= 4 is 18.1 Å². The highest BCUT2D eigenvalue weighted by Gasteiger charge is 2.14. The lowest BCUT2D eigenvalue weighted by Gasteiger charge is -2.15. The van der Waals surface area contributed by atoms with E-state index in [1.807, 2.05) is 25.0 Å². The number of anilines is 1. The topological polar surface area (TPSA) is 55.6 Å². The van der Waals surface area contributed by atoms with Crippen LogP contribution in [0, 0.1) is 27.7 Å². The number of benzene rings is 2. The molecule has 0 radical (unpaired) electrons. The van der Waals surface area contributed by atoms with E-state index < -0.39 is 0 Å². The predicted molar refractivity (Wildman–Crippen MR) is 127 cm³/mol. The number of aryl methyl sites for hydroxylation is 4. The number of hydrogen-bond donors (Lipinski definition) is 1.